The quantitative estimate of drug-likeness (QED) is 0.875. The summed E-state index contributed by atoms with van der Waals surface area (Å²) in [4.78, 5) is 16.7. The van der Waals surface area contributed by atoms with Gasteiger partial charge in [-0.25, -0.2) is 9.78 Å². The Hall–Kier alpha value is -1.59. The van der Waals surface area contributed by atoms with Crippen LogP contribution >= 0.6 is 23.2 Å². The minimum Gasteiger partial charge on any atom is -0.273 e. The second-order valence-electron chi connectivity index (χ2n) is 4.54. The highest BCUT2D eigenvalue weighted by Crippen LogP contribution is 2.18. The first-order valence-electron chi connectivity index (χ1n) is 5.95. The van der Waals surface area contributed by atoms with E-state index in [4.69, 9.17) is 23.2 Å². The van der Waals surface area contributed by atoms with Gasteiger partial charge in [0.2, 0.25) is 0 Å². The third-order valence-electron chi connectivity index (χ3n) is 2.89. The number of hydrogen-bond donors (Lipinski definition) is 0. The maximum absolute atomic E-state index is 12.4. The predicted octanol–water partition coefficient (Wildman–Crippen LogP) is 2.76. The first-order valence-corrected chi connectivity index (χ1v) is 6.70. The van der Waals surface area contributed by atoms with Crippen LogP contribution in [-0.4, -0.2) is 19.3 Å². The topological polar surface area (TPSA) is 52.7 Å². The molecule has 2 aromatic heterocycles. The van der Waals surface area contributed by atoms with Crippen LogP contribution in [0, 0.1) is 20.8 Å². The lowest BCUT2D eigenvalue weighted by Crippen LogP contribution is -2.25. The lowest BCUT2D eigenvalue weighted by atomic mass is 10.2. The zero-order valence-corrected chi connectivity index (χ0v) is 13.0. The Morgan fingerprint density at radius 3 is 2.65 bits per heavy atom. The van der Waals surface area contributed by atoms with Crippen molar-refractivity contribution in [3.8, 4) is 5.82 Å². The van der Waals surface area contributed by atoms with Crippen molar-refractivity contribution in [2.24, 2.45) is 0 Å². The zero-order valence-electron chi connectivity index (χ0n) is 11.4. The van der Waals surface area contributed by atoms with Crippen LogP contribution in [0.15, 0.2) is 22.5 Å². The van der Waals surface area contributed by atoms with Gasteiger partial charge in [-0.2, -0.15) is 4.68 Å². The van der Waals surface area contributed by atoms with Crippen LogP contribution in [0.5, 0.6) is 0 Å². The van der Waals surface area contributed by atoms with Crippen LogP contribution in [0.1, 0.15) is 17.1 Å². The van der Waals surface area contributed by atoms with E-state index in [1.165, 1.54) is 9.25 Å². The second kappa shape index (κ2) is 5.42. The highest BCUT2D eigenvalue weighted by Gasteiger charge is 2.15. The van der Waals surface area contributed by atoms with Gasteiger partial charge in [0.25, 0.3) is 0 Å². The van der Waals surface area contributed by atoms with Crippen LogP contribution in [0.4, 0.5) is 0 Å². The summed E-state index contributed by atoms with van der Waals surface area (Å²) in [6.45, 7) is 9.15. The highest BCUT2D eigenvalue weighted by atomic mass is 35.5. The molecule has 0 aromatic carbocycles. The Morgan fingerprint density at radius 1 is 1.40 bits per heavy atom. The van der Waals surface area contributed by atoms with E-state index in [9.17, 15) is 4.79 Å². The maximum atomic E-state index is 12.4. The van der Waals surface area contributed by atoms with Gasteiger partial charge in [0, 0.05) is 5.03 Å². The van der Waals surface area contributed by atoms with Crippen LogP contribution in [0.2, 0.25) is 5.02 Å². The van der Waals surface area contributed by atoms with E-state index >= 15 is 0 Å². The van der Waals surface area contributed by atoms with Crippen LogP contribution in [0.25, 0.3) is 5.82 Å². The monoisotopic (exact) mass is 312 g/mol. The molecule has 0 fully saturated rings. The normalized spacial score (nSPS) is 10.8. The molecule has 2 heterocycles. The summed E-state index contributed by atoms with van der Waals surface area (Å²) in [6, 6.07) is 1.76. The molecule has 0 aliphatic carbocycles. The SMILES string of the molecule is C=C(Cl)Cn1c(C)nn(-c2nc(C)c(Cl)cc2C)c1=O. The van der Waals surface area contributed by atoms with E-state index in [1.807, 2.05) is 6.92 Å². The summed E-state index contributed by atoms with van der Waals surface area (Å²) in [5.41, 5.74) is 1.12. The molecule has 7 heteroatoms. The molecule has 106 valence electrons. The smallest absolute Gasteiger partial charge is 0.273 e. The average molecular weight is 313 g/mol. The van der Waals surface area contributed by atoms with E-state index in [0.29, 0.717) is 27.4 Å². The summed E-state index contributed by atoms with van der Waals surface area (Å²) in [6.07, 6.45) is 0. The number of aromatic nitrogens is 4. The van der Waals surface area contributed by atoms with Crippen molar-refractivity contribution in [1.29, 1.82) is 0 Å². The molecule has 0 bridgehead atoms. The van der Waals surface area contributed by atoms with Crippen LogP contribution in [0.3, 0.4) is 0 Å². The molecular weight excluding hydrogens is 299 g/mol. The van der Waals surface area contributed by atoms with Crippen molar-refractivity contribution in [3.05, 3.63) is 50.3 Å². The average Bonchev–Trinajstić information content (AvgIpc) is 2.61. The van der Waals surface area contributed by atoms with Crippen molar-refractivity contribution in [3.63, 3.8) is 0 Å². The molecule has 2 rings (SSSR count). The molecule has 0 spiro atoms. The van der Waals surface area contributed by atoms with Crippen molar-refractivity contribution in [1.82, 2.24) is 19.3 Å². The van der Waals surface area contributed by atoms with E-state index in [2.05, 4.69) is 16.7 Å². The third-order valence-corrected chi connectivity index (χ3v) is 3.40. The molecule has 0 atom stereocenters. The Balaban J connectivity index is 2.63. The minimum atomic E-state index is -0.304. The van der Waals surface area contributed by atoms with Crippen LogP contribution in [-0.2, 0) is 6.54 Å². The molecule has 0 unspecified atom stereocenters. The first kappa shape index (κ1) is 14.8. The number of rotatable bonds is 3. The molecule has 0 saturated heterocycles. The highest BCUT2D eigenvalue weighted by molar-refractivity contribution is 6.31. The molecule has 20 heavy (non-hydrogen) atoms. The van der Waals surface area contributed by atoms with Gasteiger partial charge in [0.05, 0.1) is 17.3 Å². The number of halogens is 2. The standard InChI is InChI=1S/C13H14Cl2N4O/c1-7-5-11(15)9(3)16-12(7)19-13(20)18(6-8(2)14)10(4)17-19/h5H,2,6H2,1,3-4H3. The van der Waals surface area contributed by atoms with Gasteiger partial charge < -0.3 is 0 Å². The molecule has 0 aliphatic heterocycles. The molecule has 0 amide bonds. The van der Waals surface area contributed by atoms with E-state index in [1.54, 1.807) is 19.9 Å². The molecule has 0 N–H and O–H groups in total. The fourth-order valence-electron chi connectivity index (χ4n) is 1.86. The number of nitrogens with zero attached hydrogens (tertiary/aromatic N) is 4. The number of pyridine rings is 1. The van der Waals surface area contributed by atoms with Crippen molar-refractivity contribution in [2.75, 3.05) is 0 Å². The van der Waals surface area contributed by atoms with Crippen molar-refractivity contribution >= 4 is 23.2 Å². The van der Waals surface area contributed by atoms with Gasteiger partial charge >= 0.3 is 5.69 Å². The molecule has 0 radical (unpaired) electrons. The number of allylic oxidation sites excluding steroid dienone is 1. The minimum absolute atomic E-state index is 0.220. The third kappa shape index (κ3) is 2.64. The number of hydrogen-bond acceptors (Lipinski definition) is 3. The first-order chi connectivity index (χ1) is 9.31. The second-order valence-corrected chi connectivity index (χ2v) is 5.48. The Morgan fingerprint density at radius 2 is 2.05 bits per heavy atom. The summed E-state index contributed by atoms with van der Waals surface area (Å²) < 4.78 is 2.70. The van der Waals surface area contributed by atoms with Gasteiger partial charge in [0.1, 0.15) is 5.82 Å². The van der Waals surface area contributed by atoms with Gasteiger partial charge in [0.15, 0.2) is 5.82 Å². The zero-order chi connectivity index (χ0) is 15.0. The summed E-state index contributed by atoms with van der Waals surface area (Å²) in [5.74, 6) is 1.02. The van der Waals surface area contributed by atoms with Crippen LogP contribution < -0.4 is 5.69 Å². The van der Waals surface area contributed by atoms with Crippen molar-refractivity contribution < 1.29 is 0 Å². The fourth-order valence-corrected chi connectivity index (χ4v) is 2.19. The van der Waals surface area contributed by atoms with E-state index < -0.39 is 0 Å². The molecule has 0 aliphatic rings. The van der Waals surface area contributed by atoms with E-state index in [-0.39, 0.29) is 12.2 Å². The lowest BCUT2D eigenvalue weighted by Gasteiger charge is -2.06. The largest absolute Gasteiger partial charge is 0.352 e. The summed E-state index contributed by atoms with van der Waals surface area (Å²) in [7, 11) is 0. The van der Waals surface area contributed by atoms with Gasteiger partial charge in [-0.1, -0.05) is 29.8 Å². The molecule has 0 saturated carbocycles. The number of aryl methyl sites for hydroxylation is 3. The van der Waals surface area contributed by atoms with Crippen molar-refractivity contribution in [2.45, 2.75) is 27.3 Å². The Kier molecular flexibility index (Phi) is 4.01. The van der Waals surface area contributed by atoms with Gasteiger partial charge in [-0.3, -0.25) is 4.57 Å². The fraction of sp³-hybridized carbons (Fsp3) is 0.308. The molecule has 5 nitrogen and oxygen atoms in total. The predicted molar refractivity (Wildman–Crippen MR) is 79.8 cm³/mol. The molecule has 2 aromatic rings. The summed E-state index contributed by atoms with van der Waals surface area (Å²) in [5, 5.41) is 5.15. The van der Waals surface area contributed by atoms with Gasteiger partial charge in [-0.05, 0) is 32.4 Å². The van der Waals surface area contributed by atoms with Gasteiger partial charge in [-0.15, -0.1) is 5.10 Å². The molecular formula is C13H14Cl2N4O. The Bertz CT molecular complexity index is 746. The van der Waals surface area contributed by atoms with E-state index in [0.717, 1.165) is 5.56 Å². The Labute approximate surface area is 126 Å². The summed E-state index contributed by atoms with van der Waals surface area (Å²) >= 11 is 11.8. The maximum Gasteiger partial charge on any atom is 0.352 e. The lowest BCUT2D eigenvalue weighted by molar-refractivity contribution is 0.725.